The summed E-state index contributed by atoms with van der Waals surface area (Å²) in [6, 6.07) is 10.3. The molecule has 2 aromatic rings. The van der Waals surface area contributed by atoms with E-state index >= 15 is 0 Å². The van der Waals surface area contributed by atoms with Gasteiger partial charge in [0.2, 0.25) is 0 Å². The zero-order valence-corrected chi connectivity index (χ0v) is 12.3. The van der Waals surface area contributed by atoms with Crippen LogP contribution in [0, 0.1) is 0 Å². The predicted octanol–water partition coefficient (Wildman–Crippen LogP) is 3.94. The minimum absolute atomic E-state index is 0.152. The van der Waals surface area contributed by atoms with Crippen LogP contribution in [-0.4, -0.2) is 18.1 Å². The van der Waals surface area contributed by atoms with Crippen LogP contribution in [0.15, 0.2) is 36.4 Å². The van der Waals surface area contributed by atoms with E-state index in [9.17, 15) is 9.59 Å². The van der Waals surface area contributed by atoms with Gasteiger partial charge in [-0.2, -0.15) is 0 Å². The molecule has 4 heteroatoms. The van der Waals surface area contributed by atoms with E-state index in [0.717, 1.165) is 13.0 Å². The summed E-state index contributed by atoms with van der Waals surface area (Å²) in [5.41, 5.74) is 2.26. The van der Waals surface area contributed by atoms with Crippen molar-refractivity contribution in [3.05, 3.63) is 63.7 Å². The maximum absolute atomic E-state index is 12.7. The highest BCUT2D eigenvalue weighted by Crippen LogP contribution is 2.34. The van der Waals surface area contributed by atoms with E-state index in [1.165, 1.54) is 0 Å². The van der Waals surface area contributed by atoms with E-state index in [2.05, 4.69) is 5.32 Å². The summed E-state index contributed by atoms with van der Waals surface area (Å²) in [6.07, 6.45) is 0.939. The Morgan fingerprint density at radius 2 is 1.57 bits per heavy atom. The summed E-state index contributed by atoms with van der Waals surface area (Å²) in [6.45, 7) is 2.80. The molecular weight excluding hydrogens is 286 g/mol. The second-order valence-electron chi connectivity index (χ2n) is 4.98. The monoisotopic (exact) mass is 299 g/mol. The lowest BCUT2D eigenvalue weighted by molar-refractivity contribution is 0.0979. The van der Waals surface area contributed by atoms with Crippen molar-refractivity contribution in [1.82, 2.24) is 0 Å². The van der Waals surface area contributed by atoms with Crippen molar-refractivity contribution in [3.63, 3.8) is 0 Å². The van der Waals surface area contributed by atoms with Gasteiger partial charge in [0, 0.05) is 23.4 Å². The summed E-state index contributed by atoms with van der Waals surface area (Å²) < 4.78 is 0. The average molecular weight is 300 g/mol. The number of nitrogens with one attached hydrogen (secondary N) is 1. The molecule has 0 amide bonds. The quantitative estimate of drug-likeness (QED) is 0.797. The molecule has 0 bridgehead atoms. The third-order valence-corrected chi connectivity index (χ3v) is 3.90. The number of fused-ring (bicyclic) bond motifs is 2. The van der Waals surface area contributed by atoms with E-state index in [1.54, 1.807) is 30.3 Å². The molecule has 0 aliphatic heterocycles. The Balaban J connectivity index is 2.21. The lowest BCUT2D eigenvalue weighted by Crippen LogP contribution is -2.23. The summed E-state index contributed by atoms with van der Waals surface area (Å²) in [5, 5.41) is 3.54. The standard InChI is InChI=1S/C17H14ClNO2/c1-2-9-19-13-8-4-6-11-15(13)17(21)10-5-3-7-12(18)14(10)16(11)20/h3-8,19H,2,9H2,1H3. The first-order valence-corrected chi connectivity index (χ1v) is 7.27. The number of rotatable bonds is 3. The number of hydrogen-bond acceptors (Lipinski definition) is 3. The van der Waals surface area contributed by atoms with Crippen molar-refractivity contribution in [2.24, 2.45) is 0 Å². The number of carbonyl (C=O) groups excluding carboxylic acids is 2. The molecule has 0 heterocycles. The van der Waals surface area contributed by atoms with Crippen molar-refractivity contribution < 1.29 is 9.59 Å². The van der Waals surface area contributed by atoms with Gasteiger partial charge in [0.05, 0.1) is 16.1 Å². The highest BCUT2D eigenvalue weighted by atomic mass is 35.5. The zero-order valence-electron chi connectivity index (χ0n) is 11.6. The molecule has 0 radical (unpaired) electrons. The first kappa shape index (κ1) is 13.8. The Morgan fingerprint density at radius 1 is 0.952 bits per heavy atom. The van der Waals surface area contributed by atoms with Gasteiger partial charge in [0.25, 0.3) is 0 Å². The maximum atomic E-state index is 12.7. The van der Waals surface area contributed by atoms with Crippen LogP contribution in [0.4, 0.5) is 5.69 Å². The number of halogens is 1. The highest BCUT2D eigenvalue weighted by Gasteiger charge is 2.32. The van der Waals surface area contributed by atoms with Crippen LogP contribution in [0.2, 0.25) is 5.02 Å². The van der Waals surface area contributed by atoms with Crippen molar-refractivity contribution >= 4 is 28.9 Å². The fourth-order valence-corrected chi connectivity index (χ4v) is 2.87. The molecule has 1 N–H and O–H groups in total. The second kappa shape index (κ2) is 5.34. The molecule has 0 saturated carbocycles. The van der Waals surface area contributed by atoms with Crippen LogP contribution in [0.5, 0.6) is 0 Å². The van der Waals surface area contributed by atoms with Crippen LogP contribution in [-0.2, 0) is 0 Å². The topological polar surface area (TPSA) is 46.2 Å². The van der Waals surface area contributed by atoms with Gasteiger partial charge in [0.15, 0.2) is 11.6 Å². The van der Waals surface area contributed by atoms with Gasteiger partial charge in [-0.1, -0.05) is 42.8 Å². The van der Waals surface area contributed by atoms with Crippen LogP contribution in [0.1, 0.15) is 45.2 Å². The van der Waals surface area contributed by atoms with E-state index in [0.29, 0.717) is 33.0 Å². The number of carbonyl (C=O) groups is 2. The molecule has 3 rings (SSSR count). The molecule has 2 aromatic carbocycles. The summed E-state index contributed by atoms with van der Waals surface area (Å²) in [4.78, 5) is 25.4. The zero-order chi connectivity index (χ0) is 15.0. The lowest BCUT2D eigenvalue weighted by Gasteiger charge is -2.21. The van der Waals surface area contributed by atoms with E-state index in [1.807, 2.05) is 13.0 Å². The molecule has 0 fully saturated rings. The third kappa shape index (κ3) is 2.14. The summed E-state index contributed by atoms with van der Waals surface area (Å²) in [7, 11) is 0. The third-order valence-electron chi connectivity index (χ3n) is 3.59. The number of hydrogen-bond donors (Lipinski definition) is 1. The maximum Gasteiger partial charge on any atom is 0.196 e. The molecule has 0 unspecified atom stereocenters. The molecule has 1 aliphatic rings. The SMILES string of the molecule is CCCNc1cccc2c1C(=O)c1cccc(Cl)c1C2=O. The molecule has 0 atom stereocenters. The van der Waals surface area contributed by atoms with Crippen LogP contribution in [0.25, 0.3) is 0 Å². The Bertz CT molecular complexity index is 752. The Kier molecular flexibility index (Phi) is 3.52. The molecular formula is C17H14ClNO2. The minimum Gasteiger partial charge on any atom is -0.384 e. The largest absolute Gasteiger partial charge is 0.384 e. The van der Waals surface area contributed by atoms with Crippen LogP contribution >= 0.6 is 11.6 Å². The van der Waals surface area contributed by atoms with Gasteiger partial charge in [0.1, 0.15) is 0 Å². The van der Waals surface area contributed by atoms with Crippen molar-refractivity contribution in [2.45, 2.75) is 13.3 Å². The van der Waals surface area contributed by atoms with Gasteiger partial charge in [-0.05, 0) is 18.6 Å². The first-order valence-electron chi connectivity index (χ1n) is 6.90. The number of anilines is 1. The predicted molar refractivity (Wildman–Crippen MR) is 83.5 cm³/mol. The van der Waals surface area contributed by atoms with Gasteiger partial charge in [-0.3, -0.25) is 9.59 Å². The second-order valence-corrected chi connectivity index (χ2v) is 5.38. The van der Waals surface area contributed by atoms with Crippen molar-refractivity contribution in [1.29, 1.82) is 0 Å². The van der Waals surface area contributed by atoms with E-state index < -0.39 is 0 Å². The smallest absolute Gasteiger partial charge is 0.196 e. The van der Waals surface area contributed by atoms with Crippen LogP contribution < -0.4 is 5.32 Å². The van der Waals surface area contributed by atoms with Crippen molar-refractivity contribution in [2.75, 3.05) is 11.9 Å². The molecule has 0 saturated heterocycles. The van der Waals surface area contributed by atoms with Gasteiger partial charge >= 0.3 is 0 Å². The molecule has 0 aromatic heterocycles. The van der Waals surface area contributed by atoms with E-state index in [4.69, 9.17) is 11.6 Å². The normalized spacial score (nSPS) is 12.9. The van der Waals surface area contributed by atoms with Crippen LogP contribution in [0.3, 0.4) is 0 Å². The Hall–Kier alpha value is -2.13. The molecule has 1 aliphatic carbocycles. The number of benzene rings is 2. The summed E-state index contributed by atoms with van der Waals surface area (Å²) in [5.74, 6) is -0.341. The van der Waals surface area contributed by atoms with Gasteiger partial charge in [-0.15, -0.1) is 0 Å². The average Bonchev–Trinajstić information content (AvgIpc) is 2.50. The molecule has 21 heavy (non-hydrogen) atoms. The fraction of sp³-hybridized carbons (Fsp3) is 0.176. The summed E-state index contributed by atoms with van der Waals surface area (Å²) >= 11 is 6.10. The lowest BCUT2D eigenvalue weighted by atomic mass is 9.83. The molecule has 0 spiro atoms. The number of ketones is 2. The fourth-order valence-electron chi connectivity index (χ4n) is 2.61. The van der Waals surface area contributed by atoms with E-state index in [-0.39, 0.29) is 11.6 Å². The Labute approximate surface area is 127 Å². The molecule has 3 nitrogen and oxygen atoms in total. The minimum atomic E-state index is -0.189. The van der Waals surface area contributed by atoms with Crippen molar-refractivity contribution in [3.8, 4) is 0 Å². The van der Waals surface area contributed by atoms with Gasteiger partial charge < -0.3 is 5.32 Å². The Morgan fingerprint density at radius 3 is 2.29 bits per heavy atom. The molecule has 106 valence electrons. The first-order chi connectivity index (χ1) is 10.1. The highest BCUT2D eigenvalue weighted by molar-refractivity contribution is 6.39. The van der Waals surface area contributed by atoms with Gasteiger partial charge in [-0.25, -0.2) is 0 Å².